The molecular weight excluding hydrogens is 429 g/mol. The summed E-state index contributed by atoms with van der Waals surface area (Å²) in [6, 6.07) is 22.4. The van der Waals surface area contributed by atoms with E-state index in [0.717, 1.165) is 11.3 Å². The molecule has 3 rings (SSSR count). The Hall–Kier alpha value is -3.67. The SMILES string of the molecule is CC(C)C(C(=O)Nc1ccc(N(C)C)cc1)N(Cc1ccccc1F)C(=O)Cc1ccccc1. The van der Waals surface area contributed by atoms with E-state index in [-0.39, 0.29) is 30.7 Å². The highest BCUT2D eigenvalue weighted by molar-refractivity contribution is 5.97. The molecule has 0 bridgehead atoms. The zero-order valence-electron chi connectivity index (χ0n) is 20.2. The highest BCUT2D eigenvalue weighted by atomic mass is 19.1. The Morgan fingerprint density at radius 1 is 0.882 bits per heavy atom. The van der Waals surface area contributed by atoms with Crippen molar-refractivity contribution in [2.75, 3.05) is 24.3 Å². The molecule has 0 aliphatic heterocycles. The van der Waals surface area contributed by atoms with Crippen LogP contribution < -0.4 is 10.2 Å². The van der Waals surface area contributed by atoms with Crippen LogP contribution in [0.4, 0.5) is 15.8 Å². The molecule has 0 fully saturated rings. The molecule has 3 aromatic carbocycles. The Labute approximate surface area is 201 Å². The molecule has 3 aromatic rings. The molecule has 1 atom stereocenters. The Morgan fingerprint density at radius 3 is 2.09 bits per heavy atom. The van der Waals surface area contributed by atoms with E-state index in [0.29, 0.717) is 11.3 Å². The molecule has 2 amide bonds. The Kier molecular flexibility index (Phi) is 8.41. The number of carbonyl (C=O) groups is 2. The van der Waals surface area contributed by atoms with Gasteiger partial charge in [0, 0.05) is 37.6 Å². The van der Waals surface area contributed by atoms with Crippen LogP contribution in [0.25, 0.3) is 0 Å². The van der Waals surface area contributed by atoms with Crippen molar-refractivity contribution in [3.8, 4) is 0 Å². The smallest absolute Gasteiger partial charge is 0.247 e. The van der Waals surface area contributed by atoms with Gasteiger partial charge in [0.05, 0.1) is 6.42 Å². The molecule has 1 unspecified atom stereocenters. The van der Waals surface area contributed by atoms with Crippen molar-refractivity contribution in [3.05, 3.63) is 95.8 Å². The number of nitrogens with one attached hydrogen (secondary N) is 1. The van der Waals surface area contributed by atoms with Gasteiger partial charge in [-0.05, 0) is 41.8 Å². The quantitative estimate of drug-likeness (QED) is 0.481. The first-order chi connectivity index (χ1) is 16.3. The van der Waals surface area contributed by atoms with Crippen LogP contribution in [0.3, 0.4) is 0 Å². The summed E-state index contributed by atoms with van der Waals surface area (Å²) in [5.41, 5.74) is 2.87. The number of amides is 2. The summed E-state index contributed by atoms with van der Waals surface area (Å²) >= 11 is 0. The molecule has 6 heteroatoms. The maximum atomic E-state index is 14.5. The molecule has 0 heterocycles. The van der Waals surface area contributed by atoms with Crippen LogP contribution in [-0.2, 0) is 22.6 Å². The third kappa shape index (κ3) is 6.44. The monoisotopic (exact) mass is 461 g/mol. The Morgan fingerprint density at radius 2 is 1.50 bits per heavy atom. The van der Waals surface area contributed by atoms with Crippen molar-refractivity contribution >= 4 is 23.2 Å². The highest BCUT2D eigenvalue weighted by Crippen LogP contribution is 2.22. The van der Waals surface area contributed by atoms with Gasteiger partial charge in [-0.25, -0.2) is 4.39 Å². The van der Waals surface area contributed by atoms with E-state index in [2.05, 4.69) is 5.32 Å². The van der Waals surface area contributed by atoms with Gasteiger partial charge in [0.2, 0.25) is 11.8 Å². The van der Waals surface area contributed by atoms with Gasteiger partial charge in [-0.3, -0.25) is 9.59 Å². The number of hydrogen-bond donors (Lipinski definition) is 1. The van der Waals surface area contributed by atoms with Crippen molar-refractivity contribution in [2.24, 2.45) is 5.92 Å². The van der Waals surface area contributed by atoms with Crippen molar-refractivity contribution in [2.45, 2.75) is 32.9 Å². The minimum atomic E-state index is -0.774. The molecule has 0 radical (unpaired) electrons. The second-order valence-corrected chi connectivity index (χ2v) is 8.89. The molecule has 0 aromatic heterocycles. The molecule has 0 spiro atoms. The second-order valence-electron chi connectivity index (χ2n) is 8.89. The van der Waals surface area contributed by atoms with E-state index in [1.165, 1.54) is 11.0 Å². The highest BCUT2D eigenvalue weighted by Gasteiger charge is 2.33. The molecule has 0 aliphatic carbocycles. The Balaban J connectivity index is 1.89. The van der Waals surface area contributed by atoms with Crippen molar-refractivity contribution < 1.29 is 14.0 Å². The van der Waals surface area contributed by atoms with E-state index in [1.54, 1.807) is 18.2 Å². The summed E-state index contributed by atoms with van der Waals surface area (Å²) in [4.78, 5) is 30.4. The van der Waals surface area contributed by atoms with Gasteiger partial charge in [-0.1, -0.05) is 62.4 Å². The van der Waals surface area contributed by atoms with Gasteiger partial charge < -0.3 is 15.1 Å². The van der Waals surface area contributed by atoms with Gasteiger partial charge >= 0.3 is 0 Å². The van der Waals surface area contributed by atoms with Crippen molar-refractivity contribution in [3.63, 3.8) is 0 Å². The van der Waals surface area contributed by atoms with Crippen molar-refractivity contribution in [1.82, 2.24) is 4.90 Å². The standard InChI is InChI=1S/C28H32FN3O2/c1-20(2)27(28(34)30-23-14-16-24(17-15-23)31(3)4)32(19-22-12-8-9-13-25(22)29)26(33)18-21-10-6-5-7-11-21/h5-17,20,27H,18-19H2,1-4H3,(H,30,34). The van der Waals surface area contributed by atoms with Gasteiger partial charge in [0.15, 0.2) is 0 Å². The van der Waals surface area contributed by atoms with E-state index in [4.69, 9.17) is 0 Å². The van der Waals surface area contributed by atoms with Crippen LogP contribution in [0.2, 0.25) is 0 Å². The number of rotatable bonds is 9. The maximum absolute atomic E-state index is 14.5. The first-order valence-corrected chi connectivity index (χ1v) is 11.4. The molecule has 178 valence electrons. The fourth-order valence-electron chi connectivity index (χ4n) is 3.89. The van der Waals surface area contributed by atoms with E-state index < -0.39 is 11.9 Å². The van der Waals surface area contributed by atoms with Crippen LogP contribution in [0.5, 0.6) is 0 Å². The molecule has 34 heavy (non-hydrogen) atoms. The van der Waals surface area contributed by atoms with Gasteiger partial charge in [-0.15, -0.1) is 0 Å². The molecule has 0 aliphatic rings. The predicted molar refractivity (Wildman–Crippen MR) is 135 cm³/mol. The molecule has 1 N–H and O–H groups in total. The third-order valence-corrected chi connectivity index (χ3v) is 5.70. The van der Waals surface area contributed by atoms with Crippen molar-refractivity contribution in [1.29, 1.82) is 0 Å². The summed E-state index contributed by atoms with van der Waals surface area (Å²) < 4.78 is 14.5. The predicted octanol–water partition coefficient (Wildman–Crippen LogP) is 5.13. The number of halogens is 1. The lowest BCUT2D eigenvalue weighted by atomic mass is 9.99. The lowest BCUT2D eigenvalue weighted by molar-refractivity contribution is -0.140. The number of nitrogens with zero attached hydrogens (tertiary/aromatic N) is 2. The van der Waals surface area contributed by atoms with Crippen LogP contribution in [0.1, 0.15) is 25.0 Å². The van der Waals surface area contributed by atoms with Crippen LogP contribution in [0, 0.1) is 11.7 Å². The topological polar surface area (TPSA) is 52.7 Å². The Bertz CT molecular complexity index is 1100. The molecule has 0 saturated carbocycles. The summed E-state index contributed by atoms with van der Waals surface area (Å²) in [5, 5.41) is 2.94. The minimum absolute atomic E-state index is 0.00811. The first-order valence-electron chi connectivity index (χ1n) is 11.4. The lowest BCUT2D eigenvalue weighted by Gasteiger charge is -2.34. The zero-order chi connectivity index (χ0) is 24.7. The summed E-state index contributed by atoms with van der Waals surface area (Å²) in [5.74, 6) is -1.12. The van der Waals surface area contributed by atoms with Crippen LogP contribution in [0.15, 0.2) is 78.9 Å². The molecule has 0 saturated heterocycles. The lowest BCUT2D eigenvalue weighted by Crippen LogP contribution is -2.50. The fourth-order valence-corrected chi connectivity index (χ4v) is 3.89. The zero-order valence-corrected chi connectivity index (χ0v) is 20.2. The summed E-state index contributed by atoms with van der Waals surface area (Å²) in [6.07, 6.45) is 0.128. The number of hydrogen-bond acceptors (Lipinski definition) is 3. The molecule has 5 nitrogen and oxygen atoms in total. The largest absolute Gasteiger partial charge is 0.378 e. The first kappa shape index (κ1) is 25.0. The van der Waals surface area contributed by atoms with E-state index >= 15 is 0 Å². The normalized spacial score (nSPS) is 11.7. The average molecular weight is 462 g/mol. The van der Waals surface area contributed by atoms with Gasteiger partial charge in [-0.2, -0.15) is 0 Å². The number of carbonyl (C=O) groups excluding carboxylic acids is 2. The number of anilines is 2. The summed E-state index contributed by atoms with van der Waals surface area (Å²) in [6.45, 7) is 3.79. The third-order valence-electron chi connectivity index (χ3n) is 5.70. The second kappa shape index (κ2) is 11.5. The average Bonchev–Trinajstić information content (AvgIpc) is 2.80. The number of benzene rings is 3. The maximum Gasteiger partial charge on any atom is 0.247 e. The van der Waals surface area contributed by atoms with Crippen LogP contribution in [-0.4, -0.2) is 36.9 Å². The fraction of sp³-hybridized carbons (Fsp3) is 0.286. The van der Waals surface area contributed by atoms with Crippen LogP contribution >= 0.6 is 0 Å². The minimum Gasteiger partial charge on any atom is -0.378 e. The molecular formula is C28H32FN3O2. The van der Waals surface area contributed by atoms with Gasteiger partial charge in [0.25, 0.3) is 0 Å². The van der Waals surface area contributed by atoms with Gasteiger partial charge in [0.1, 0.15) is 11.9 Å². The summed E-state index contributed by atoms with van der Waals surface area (Å²) in [7, 11) is 3.89. The van der Waals surface area contributed by atoms with E-state index in [1.807, 2.05) is 87.4 Å². The van der Waals surface area contributed by atoms with E-state index in [9.17, 15) is 14.0 Å².